The monoisotopic (exact) mass is 481 g/mol. The van der Waals surface area contributed by atoms with Crippen LogP contribution in [0.15, 0.2) is 54.6 Å². The Hall–Kier alpha value is -2.75. The third-order valence-corrected chi connectivity index (χ3v) is 4.76. The quantitative estimate of drug-likeness (QED) is 0.164. The molecule has 0 fully saturated rings. The molecule has 0 unspecified atom stereocenters. The van der Waals surface area contributed by atoms with Crippen molar-refractivity contribution in [3.8, 4) is 5.75 Å². The van der Waals surface area contributed by atoms with Crippen molar-refractivity contribution < 1.29 is 23.6 Å². The Morgan fingerprint density at radius 1 is 1.11 bits per heavy atom. The van der Waals surface area contributed by atoms with Crippen LogP contribution in [0.2, 0.25) is 0 Å². The number of halogens is 2. The first kappa shape index (κ1) is 19.0. The zero-order chi connectivity index (χ0) is 19.4. The van der Waals surface area contributed by atoms with Crippen molar-refractivity contribution in [2.24, 2.45) is 0 Å². The van der Waals surface area contributed by atoms with E-state index in [9.17, 15) is 19.3 Å². The number of hydrogen-bond donors (Lipinski definition) is 0. The number of nitrogens with zero attached hydrogens (tertiary/aromatic N) is 1. The maximum absolute atomic E-state index is 14.2. The number of hydrogen-bond acceptors (Lipinski definition) is 5. The number of fused-ring (bicyclic) bond motifs is 1. The molecule has 0 spiro atoms. The molecule has 6 nitrogen and oxygen atoms in total. The van der Waals surface area contributed by atoms with Crippen LogP contribution in [0, 0.1) is 19.5 Å². The Labute approximate surface area is 167 Å². The van der Waals surface area contributed by atoms with Crippen LogP contribution in [0.4, 0.5) is 14.9 Å². The second-order valence-electron chi connectivity index (χ2n) is 5.57. The number of carbonyl (C=O) groups excluding carboxylic acids is 1. The summed E-state index contributed by atoms with van der Waals surface area (Å²) in [4.78, 5) is 21.8. The van der Waals surface area contributed by atoms with Gasteiger partial charge in [0.15, 0.2) is 0 Å². The number of rotatable bonds is 5. The molecule has 0 aliphatic heterocycles. The third kappa shape index (κ3) is 4.51. The van der Waals surface area contributed by atoms with Gasteiger partial charge in [-0.15, -0.1) is 0 Å². The van der Waals surface area contributed by atoms with E-state index >= 15 is 0 Å². The summed E-state index contributed by atoms with van der Waals surface area (Å²) in [6.45, 7) is -0.0627. The standard InChI is InChI=1S/C19H13FINO5/c20-16-9-4-12-2-1-3-17(21)18(12)15(16)10-11-26-19(23)27-14-7-5-13(6-8-14)22(24)25/h1-9H,10-11H2. The minimum Gasteiger partial charge on any atom is -0.434 e. The summed E-state index contributed by atoms with van der Waals surface area (Å²) in [6.07, 6.45) is -0.766. The Bertz CT molecular complexity index is 1010. The molecule has 0 atom stereocenters. The van der Waals surface area contributed by atoms with E-state index in [2.05, 4.69) is 22.6 Å². The van der Waals surface area contributed by atoms with Crippen LogP contribution in [0.3, 0.4) is 0 Å². The fourth-order valence-electron chi connectivity index (χ4n) is 2.62. The summed E-state index contributed by atoms with van der Waals surface area (Å²) < 4.78 is 25.1. The Kier molecular flexibility index (Phi) is 5.84. The summed E-state index contributed by atoms with van der Waals surface area (Å²) in [5.41, 5.74) is 0.359. The van der Waals surface area contributed by atoms with E-state index in [1.165, 1.54) is 30.3 Å². The Balaban J connectivity index is 1.63. The molecule has 0 bridgehead atoms. The number of nitro benzene ring substituents is 1. The van der Waals surface area contributed by atoms with Gasteiger partial charge in [-0.25, -0.2) is 9.18 Å². The zero-order valence-corrected chi connectivity index (χ0v) is 16.0. The van der Waals surface area contributed by atoms with Crippen molar-refractivity contribution in [3.63, 3.8) is 0 Å². The first-order chi connectivity index (χ1) is 13.0. The molecular formula is C19H13FINO5. The van der Waals surface area contributed by atoms with Gasteiger partial charge >= 0.3 is 6.16 Å². The number of ether oxygens (including phenoxy) is 2. The van der Waals surface area contributed by atoms with Crippen LogP contribution in [0.5, 0.6) is 5.75 Å². The molecular weight excluding hydrogens is 468 g/mol. The van der Waals surface area contributed by atoms with Crippen LogP contribution < -0.4 is 4.74 Å². The van der Waals surface area contributed by atoms with Gasteiger partial charge in [-0.05, 0) is 52.2 Å². The van der Waals surface area contributed by atoms with Crippen LogP contribution >= 0.6 is 22.6 Å². The predicted octanol–water partition coefficient (Wildman–Crippen LogP) is 5.25. The number of carbonyl (C=O) groups is 1. The Morgan fingerprint density at radius 2 is 1.85 bits per heavy atom. The summed E-state index contributed by atoms with van der Waals surface area (Å²) in [6, 6.07) is 13.8. The fraction of sp³-hybridized carbons (Fsp3) is 0.105. The lowest BCUT2D eigenvalue weighted by Gasteiger charge is -2.10. The molecule has 8 heteroatoms. The summed E-state index contributed by atoms with van der Waals surface area (Å²) >= 11 is 2.14. The minimum absolute atomic E-state index is 0.0627. The largest absolute Gasteiger partial charge is 0.513 e. The van der Waals surface area contributed by atoms with Gasteiger partial charge in [0.25, 0.3) is 5.69 Å². The number of non-ortho nitro benzene ring substituents is 1. The van der Waals surface area contributed by atoms with Gasteiger partial charge in [-0.2, -0.15) is 0 Å². The first-order valence-electron chi connectivity index (χ1n) is 7.90. The van der Waals surface area contributed by atoms with Crippen LogP contribution in [0.25, 0.3) is 10.8 Å². The lowest BCUT2D eigenvalue weighted by Crippen LogP contribution is -2.13. The molecule has 3 rings (SSSR count). The van der Waals surface area contributed by atoms with Gasteiger partial charge in [-0.1, -0.05) is 18.2 Å². The van der Waals surface area contributed by atoms with Crippen molar-refractivity contribution in [2.45, 2.75) is 6.42 Å². The smallest absolute Gasteiger partial charge is 0.434 e. The molecule has 0 radical (unpaired) electrons. The van der Waals surface area contributed by atoms with Crippen molar-refractivity contribution in [3.05, 3.63) is 79.7 Å². The van der Waals surface area contributed by atoms with E-state index in [4.69, 9.17) is 9.47 Å². The third-order valence-electron chi connectivity index (χ3n) is 3.87. The highest BCUT2D eigenvalue weighted by Gasteiger charge is 2.13. The van der Waals surface area contributed by atoms with Gasteiger partial charge < -0.3 is 9.47 Å². The van der Waals surface area contributed by atoms with Crippen LogP contribution in [-0.4, -0.2) is 17.7 Å². The Morgan fingerprint density at radius 3 is 2.56 bits per heavy atom. The average Bonchev–Trinajstić information content (AvgIpc) is 2.64. The lowest BCUT2D eigenvalue weighted by molar-refractivity contribution is -0.384. The fourth-order valence-corrected chi connectivity index (χ4v) is 3.47. The van der Waals surface area contributed by atoms with Gasteiger partial charge in [0.05, 0.1) is 11.5 Å². The molecule has 0 saturated carbocycles. The van der Waals surface area contributed by atoms with E-state index in [1.807, 2.05) is 18.2 Å². The highest BCUT2D eigenvalue weighted by molar-refractivity contribution is 14.1. The highest BCUT2D eigenvalue weighted by atomic mass is 127. The van der Waals surface area contributed by atoms with Crippen molar-refractivity contribution in [1.82, 2.24) is 0 Å². The van der Waals surface area contributed by atoms with E-state index < -0.39 is 11.1 Å². The highest BCUT2D eigenvalue weighted by Crippen LogP contribution is 2.27. The van der Waals surface area contributed by atoms with Crippen LogP contribution in [0.1, 0.15) is 5.56 Å². The lowest BCUT2D eigenvalue weighted by atomic mass is 10.0. The molecule has 0 aromatic heterocycles. The van der Waals surface area contributed by atoms with E-state index in [-0.39, 0.29) is 30.3 Å². The van der Waals surface area contributed by atoms with E-state index in [0.717, 1.165) is 14.3 Å². The summed E-state index contributed by atoms with van der Waals surface area (Å²) in [5.74, 6) is -0.240. The minimum atomic E-state index is -0.959. The molecule has 27 heavy (non-hydrogen) atoms. The first-order valence-corrected chi connectivity index (χ1v) is 8.98. The molecule has 0 amide bonds. The van der Waals surface area contributed by atoms with Gasteiger partial charge in [-0.3, -0.25) is 10.1 Å². The normalized spacial score (nSPS) is 10.6. The molecule has 138 valence electrons. The summed E-state index contributed by atoms with van der Waals surface area (Å²) in [5, 5.41) is 12.3. The number of nitro groups is 1. The second kappa shape index (κ2) is 8.30. The van der Waals surface area contributed by atoms with Crippen LogP contribution in [-0.2, 0) is 11.2 Å². The van der Waals surface area contributed by atoms with Crippen molar-refractivity contribution >= 4 is 45.2 Å². The van der Waals surface area contributed by atoms with E-state index in [1.54, 1.807) is 6.07 Å². The SMILES string of the molecule is O=C(OCCc1c(F)ccc2cccc(I)c12)Oc1ccc([N+](=O)[O-])cc1. The van der Waals surface area contributed by atoms with Gasteiger partial charge in [0, 0.05) is 33.1 Å². The molecule has 0 saturated heterocycles. The molecule has 0 aliphatic carbocycles. The molecule has 3 aromatic rings. The topological polar surface area (TPSA) is 78.7 Å². The van der Waals surface area contributed by atoms with Gasteiger partial charge in [0.1, 0.15) is 11.6 Å². The molecule has 0 N–H and O–H groups in total. The van der Waals surface area contributed by atoms with Crippen molar-refractivity contribution in [1.29, 1.82) is 0 Å². The summed E-state index contributed by atoms with van der Waals surface area (Å²) in [7, 11) is 0. The second-order valence-corrected chi connectivity index (χ2v) is 6.73. The van der Waals surface area contributed by atoms with Gasteiger partial charge in [0.2, 0.25) is 0 Å². The predicted molar refractivity (Wildman–Crippen MR) is 105 cm³/mol. The van der Waals surface area contributed by atoms with E-state index in [0.29, 0.717) is 5.56 Å². The maximum atomic E-state index is 14.2. The maximum Gasteiger partial charge on any atom is 0.513 e. The zero-order valence-electron chi connectivity index (χ0n) is 13.9. The van der Waals surface area contributed by atoms with Crippen molar-refractivity contribution in [2.75, 3.05) is 6.61 Å². The molecule has 3 aromatic carbocycles. The molecule has 0 heterocycles. The average molecular weight is 481 g/mol. The molecule has 0 aliphatic rings. The number of benzene rings is 3.